The molecule has 21 heavy (non-hydrogen) atoms. The van der Waals surface area contributed by atoms with E-state index >= 15 is 0 Å². The molecule has 1 aromatic heterocycles. The summed E-state index contributed by atoms with van der Waals surface area (Å²) >= 11 is 6.08. The van der Waals surface area contributed by atoms with E-state index in [2.05, 4.69) is 15.3 Å². The van der Waals surface area contributed by atoms with Crippen LogP contribution >= 0.6 is 11.6 Å². The van der Waals surface area contributed by atoms with Crippen molar-refractivity contribution >= 4 is 17.4 Å². The third kappa shape index (κ3) is 3.88. The van der Waals surface area contributed by atoms with Crippen molar-refractivity contribution < 1.29 is 8.78 Å². The Balaban J connectivity index is 2.16. The van der Waals surface area contributed by atoms with Gasteiger partial charge in [-0.1, -0.05) is 24.6 Å². The third-order valence-corrected chi connectivity index (χ3v) is 3.42. The van der Waals surface area contributed by atoms with Crippen molar-refractivity contribution in [2.45, 2.75) is 33.2 Å². The van der Waals surface area contributed by atoms with Gasteiger partial charge in [0, 0.05) is 18.5 Å². The first-order valence-electron chi connectivity index (χ1n) is 6.72. The summed E-state index contributed by atoms with van der Waals surface area (Å²) in [4.78, 5) is 8.61. The molecule has 0 amide bonds. The summed E-state index contributed by atoms with van der Waals surface area (Å²) in [6.07, 6.45) is 1.65. The second-order valence-corrected chi connectivity index (χ2v) is 5.11. The normalized spacial score (nSPS) is 10.7. The van der Waals surface area contributed by atoms with Gasteiger partial charge in [0.05, 0.1) is 0 Å². The number of benzene rings is 1. The van der Waals surface area contributed by atoms with Gasteiger partial charge in [0.1, 0.15) is 16.8 Å². The summed E-state index contributed by atoms with van der Waals surface area (Å²) in [5, 5.41) is 3.49. The van der Waals surface area contributed by atoms with Crippen LogP contribution in [0.25, 0.3) is 0 Å². The number of nitrogens with one attached hydrogen (secondary N) is 1. The van der Waals surface area contributed by atoms with Crippen molar-refractivity contribution in [3.63, 3.8) is 0 Å². The van der Waals surface area contributed by atoms with Gasteiger partial charge in [-0.15, -0.1) is 0 Å². The first-order valence-corrected chi connectivity index (χ1v) is 7.10. The smallest absolute Gasteiger partial charge is 0.159 e. The van der Waals surface area contributed by atoms with Gasteiger partial charge in [-0.05, 0) is 31.0 Å². The zero-order valence-corrected chi connectivity index (χ0v) is 12.6. The molecule has 0 saturated heterocycles. The number of halogens is 3. The highest BCUT2D eigenvalue weighted by Crippen LogP contribution is 2.21. The zero-order chi connectivity index (χ0) is 15.4. The summed E-state index contributed by atoms with van der Waals surface area (Å²) in [5.74, 6) is -0.437. The quantitative estimate of drug-likeness (QED) is 0.837. The van der Waals surface area contributed by atoms with E-state index < -0.39 is 11.6 Å². The largest absolute Gasteiger partial charge is 0.366 e. The van der Waals surface area contributed by atoms with Crippen LogP contribution < -0.4 is 5.32 Å². The van der Waals surface area contributed by atoms with Crippen LogP contribution in [0.2, 0.25) is 5.15 Å². The molecule has 2 aromatic rings. The molecule has 2 rings (SSSR count). The van der Waals surface area contributed by atoms with Crippen molar-refractivity contribution in [1.82, 2.24) is 9.97 Å². The Morgan fingerprint density at radius 3 is 2.62 bits per heavy atom. The first-order chi connectivity index (χ1) is 10.0. The van der Waals surface area contributed by atoms with E-state index in [0.717, 1.165) is 30.5 Å². The van der Waals surface area contributed by atoms with Crippen LogP contribution in [-0.2, 0) is 13.0 Å². The molecule has 0 radical (unpaired) electrons. The lowest BCUT2D eigenvalue weighted by atomic mass is 10.2. The van der Waals surface area contributed by atoms with Gasteiger partial charge in [0.25, 0.3) is 0 Å². The Morgan fingerprint density at radius 1 is 1.19 bits per heavy atom. The number of rotatable bonds is 5. The van der Waals surface area contributed by atoms with E-state index in [1.165, 1.54) is 6.07 Å². The summed E-state index contributed by atoms with van der Waals surface area (Å²) in [6, 6.07) is 3.79. The van der Waals surface area contributed by atoms with Gasteiger partial charge < -0.3 is 5.32 Å². The zero-order valence-electron chi connectivity index (χ0n) is 11.9. The maximum Gasteiger partial charge on any atom is 0.159 e. The molecule has 0 atom stereocenters. The maximum atomic E-state index is 13.2. The Labute approximate surface area is 127 Å². The lowest BCUT2D eigenvalue weighted by Gasteiger charge is -2.11. The molecule has 1 heterocycles. The minimum absolute atomic E-state index is 0.330. The predicted molar refractivity (Wildman–Crippen MR) is 79.5 cm³/mol. The summed E-state index contributed by atoms with van der Waals surface area (Å²) in [6.45, 7) is 4.17. The highest BCUT2D eigenvalue weighted by atomic mass is 35.5. The fraction of sp³-hybridized carbons (Fsp3) is 0.333. The summed E-state index contributed by atoms with van der Waals surface area (Å²) in [7, 11) is 0. The van der Waals surface area contributed by atoms with E-state index in [0.29, 0.717) is 28.9 Å². The highest BCUT2D eigenvalue weighted by molar-refractivity contribution is 6.30. The van der Waals surface area contributed by atoms with E-state index in [-0.39, 0.29) is 0 Å². The minimum Gasteiger partial charge on any atom is -0.366 e. The molecular weight excluding hydrogens is 296 g/mol. The van der Waals surface area contributed by atoms with Crippen LogP contribution in [0.4, 0.5) is 14.6 Å². The minimum atomic E-state index is -0.863. The lowest BCUT2D eigenvalue weighted by molar-refractivity contribution is 0.507. The SMILES string of the molecule is CCCc1nc(Cl)c(C)c(NCc2ccc(F)c(F)c2)n1. The Hall–Kier alpha value is -1.75. The van der Waals surface area contributed by atoms with E-state index in [4.69, 9.17) is 11.6 Å². The van der Waals surface area contributed by atoms with Crippen LogP contribution in [0, 0.1) is 18.6 Å². The summed E-state index contributed by atoms with van der Waals surface area (Å²) in [5.41, 5.74) is 1.36. The van der Waals surface area contributed by atoms with Gasteiger partial charge in [-0.3, -0.25) is 0 Å². The van der Waals surface area contributed by atoms with Crippen LogP contribution in [0.3, 0.4) is 0 Å². The molecule has 0 aliphatic heterocycles. The van der Waals surface area contributed by atoms with Crippen molar-refractivity contribution in [1.29, 1.82) is 0 Å². The van der Waals surface area contributed by atoms with Crippen LogP contribution in [0.15, 0.2) is 18.2 Å². The van der Waals surface area contributed by atoms with Crippen LogP contribution in [0.5, 0.6) is 0 Å². The van der Waals surface area contributed by atoms with Crippen molar-refractivity contribution in [3.05, 3.63) is 51.9 Å². The molecule has 0 bridgehead atoms. The highest BCUT2D eigenvalue weighted by Gasteiger charge is 2.09. The molecular formula is C15H16ClF2N3. The average Bonchev–Trinajstić information content (AvgIpc) is 2.45. The van der Waals surface area contributed by atoms with E-state index in [9.17, 15) is 8.78 Å². The van der Waals surface area contributed by atoms with Crippen molar-refractivity contribution in [2.24, 2.45) is 0 Å². The topological polar surface area (TPSA) is 37.8 Å². The Kier molecular flexibility index (Phi) is 5.07. The molecule has 6 heteroatoms. The molecule has 3 nitrogen and oxygen atoms in total. The number of nitrogens with zero attached hydrogens (tertiary/aromatic N) is 2. The van der Waals surface area contributed by atoms with Gasteiger partial charge in [-0.2, -0.15) is 0 Å². The monoisotopic (exact) mass is 311 g/mol. The second kappa shape index (κ2) is 6.80. The number of hydrogen-bond donors (Lipinski definition) is 1. The Morgan fingerprint density at radius 2 is 1.95 bits per heavy atom. The van der Waals surface area contributed by atoms with Gasteiger partial charge in [0.2, 0.25) is 0 Å². The molecule has 1 N–H and O–H groups in total. The number of hydrogen-bond acceptors (Lipinski definition) is 3. The number of aryl methyl sites for hydroxylation is 1. The Bertz CT molecular complexity index is 647. The fourth-order valence-electron chi connectivity index (χ4n) is 1.88. The lowest BCUT2D eigenvalue weighted by Crippen LogP contribution is -2.07. The standard InChI is InChI=1S/C15H16ClF2N3/c1-3-4-13-20-14(16)9(2)15(21-13)19-8-10-5-6-11(17)12(18)7-10/h5-7H,3-4,8H2,1-2H3,(H,19,20,21). The van der Waals surface area contributed by atoms with Gasteiger partial charge in [0.15, 0.2) is 11.6 Å². The first kappa shape index (κ1) is 15.6. The second-order valence-electron chi connectivity index (χ2n) is 4.76. The molecule has 1 aromatic carbocycles. The predicted octanol–water partition coefficient (Wildman–Crippen LogP) is 4.28. The third-order valence-electron chi connectivity index (χ3n) is 3.05. The average molecular weight is 312 g/mol. The van der Waals surface area contributed by atoms with Gasteiger partial charge in [-0.25, -0.2) is 18.7 Å². The fourth-order valence-corrected chi connectivity index (χ4v) is 2.06. The van der Waals surface area contributed by atoms with Crippen molar-refractivity contribution in [3.8, 4) is 0 Å². The van der Waals surface area contributed by atoms with Crippen LogP contribution in [-0.4, -0.2) is 9.97 Å². The number of anilines is 1. The van der Waals surface area contributed by atoms with Gasteiger partial charge >= 0.3 is 0 Å². The molecule has 0 aliphatic rings. The summed E-state index contributed by atoms with van der Waals surface area (Å²) < 4.78 is 26.0. The molecule has 0 fully saturated rings. The number of aromatic nitrogens is 2. The van der Waals surface area contributed by atoms with E-state index in [1.807, 2.05) is 13.8 Å². The molecule has 0 aliphatic carbocycles. The van der Waals surface area contributed by atoms with E-state index in [1.54, 1.807) is 0 Å². The molecule has 0 saturated carbocycles. The molecule has 0 spiro atoms. The van der Waals surface area contributed by atoms with Crippen LogP contribution in [0.1, 0.15) is 30.3 Å². The maximum absolute atomic E-state index is 13.2. The van der Waals surface area contributed by atoms with Crippen molar-refractivity contribution in [2.75, 3.05) is 5.32 Å². The molecule has 112 valence electrons. The molecule has 0 unspecified atom stereocenters.